The lowest BCUT2D eigenvalue weighted by atomic mass is 10.0. The van der Waals surface area contributed by atoms with E-state index < -0.39 is 31.0 Å². The van der Waals surface area contributed by atoms with E-state index in [4.69, 9.17) is 14.6 Å². The molecule has 0 bridgehead atoms. The topological polar surface area (TPSA) is 79.2 Å². The van der Waals surface area contributed by atoms with Crippen LogP contribution in [0.25, 0.3) is 0 Å². The number of ether oxygens (including phenoxy) is 2. The molecule has 0 unspecified atom stereocenters. The summed E-state index contributed by atoms with van der Waals surface area (Å²) in [5.74, 6) is 0. The molecule has 0 radical (unpaired) electrons. The lowest BCUT2D eigenvalue weighted by Crippen LogP contribution is -2.41. The van der Waals surface area contributed by atoms with Crippen LogP contribution in [0.1, 0.15) is 96.8 Å². The molecule has 0 amide bonds. The molecule has 3 N–H and O–H groups in total. The Kier molecular flexibility index (Phi) is 16.8. The van der Waals surface area contributed by atoms with Crippen LogP contribution >= 0.6 is 0 Å². The number of aliphatic hydroxyl groups excluding tert-OH is 3. The minimum Gasteiger partial charge on any atom is -0.394 e. The van der Waals surface area contributed by atoms with E-state index in [-0.39, 0.29) is 6.61 Å². The predicted molar refractivity (Wildman–Crippen MR) is 118 cm³/mol. The molecule has 29 heavy (non-hydrogen) atoms. The SMILES string of the molecule is C/C=C/CCCCCCCCCCCCCCCO[C@@H]1CO[C@H]([C@@H](O)CO)[C@@H]1O. The molecule has 0 aromatic carbocycles. The van der Waals surface area contributed by atoms with E-state index >= 15 is 0 Å². The first-order chi connectivity index (χ1) is 14.2. The molecule has 0 spiro atoms. The van der Waals surface area contributed by atoms with Crippen LogP contribution in [0.4, 0.5) is 0 Å². The van der Waals surface area contributed by atoms with Crippen LogP contribution in [0.3, 0.4) is 0 Å². The highest BCUT2D eigenvalue weighted by molar-refractivity contribution is 4.88. The van der Waals surface area contributed by atoms with Gasteiger partial charge >= 0.3 is 0 Å². The summed E-state index contributed by atoms with van der Waals surface area (Å²) in [7, 11) is 0. The Morgan fingerprint density at radius 2 is 1.41 bits per heavy atom. The smallest absolute Gasteiger partial charge is 0.114 e. The van der Waals surface area contributed by atoms with Gasteiger partial charge in [-0.1, -0.05) is 82.8 Å². The molecular formula is C24H46O5. The zero-order valence-corrected chi connectivity index (χ0v) is 18.6. The van der Waals surface area contributed by atoms with E-state index in [1.165, 1.54) is 77.0 Å². The van der Waals surface area contributed by atoms with Gasteiger partial charge < -0.3 is 24.8 Å². The summed E-state index contributed by atoms with van der Waals surface area (Å²) in [6, 6.07) is 0. The Labute approximate surface area is 178 Å². The second kappa shape index (κ2) is 18.3. The zero-order valence-electron chi connectivity index (χ0n) is 18.6. The highest BCUT2D eigenvalue weighted by Gasteiger charge is 2.40. The maximum Gasteiger partial charge on any atom is 0.114 e. The predicted octanol–water partition coefficient (Wildman–Crippen LogP) is 4.52. The molecule has 4 atom stereocenters. The van der Waals surface area contributed by atoms with Crippen LogP contribution in [-0.2, 0) is 9.47 Å². The van der Waals surface area contributed by atoms with Gasteiger partial charge in [-0.15, -0.1) is 0 Å². The van der Waals surface area contributed by atoms with Gasteiger partial charge in [-0.2, -0.15) is 0 Å². The van der Waals surface area contributed by atoms with Crippen molar-refractivity contribution in [2.45, 2.75) is 121 Å². The molecule has 1 aliphatic rings. The number of aliphatic hydroxyl groups is 3. The third kappa shape index (κ3) is 12.7. The Morgan fingerprint density at radius 1 is 0.897 bits per heavy atom. The number of unbranched alkanes of at least 4 members (excludes halogenated alkanes) is 13. The monoisotopic (exact) mass is 414 g/mol. The van der Waals surface area contributed by atoms with Crippen LogP contribution in [0, 0.1) is 0 Å². The third-order valence-corrected chi connectivity index (χ3v) is 5.82. The Morgan fingerprint density at radius 3 is 1.93 bits per heavy atom. The average Bonchev–Trinajstić information content (AvgIpc) is 3.10. The maximum absolute atomic E-state index is 10.1. The molecule has 0 aromatic heterocycles. The summed E-state index contributed by atoms with van der Waals surface area (Å²) >= 11 is 0. The molecule has 1 heterocycles. The molecule has 5 nitrogen and oxygen atoms in total. The molecule has 0 aliphatic carbocycles. The van der Waals surface area contributed by atoms with E-state index in [1.807, 2.05) is 0 Å². The maximum atomic E-state index is 10.1. The van der Waals surface area contributed by atoms with E-state index in [0.29, 0.717) is 6.61 Å². The van der Waals surface area contributed by atoms with Crippen molar-refractivity contribution in [2.75, 3.05) is 19.8 Å². The van der Waals surface area contributed by atoms with Gasteiger partial charge in [0.25, 0.3) is 0 Å². The lowest BCUT2D eigenvalue weighted by Gasteiger charge is -2.20. The Hall–Kier alpha value is -0.460. The highest BCUT2D eigenvalue weighted by Crippen LogP contribution is 2.20. The lowest BCUT2D eigenvalue weighted by molar-refractivity contribution is -0.0730. The quantitative estimate of drug-likeness (QED) is 0.214. The van der Waals surface area contributed by atoms with Crippen LogP contribution in [0.5, 0.6) is 0 Å². The van der Waals surface area contributed by atoms with Gasteiger partial charge in [-0.25, -0.2) is 0 Å². The van der Waals surface area contributed by atoms with Crippen molar-refractivity contribution in [3.8, 4) is 0 Å². The van der Waals surface area contributed by atoms with Gasteiger partial charge in [0.15, 0.2) is 0 Å². The average molecular weight is 415 g/mol. The molecule has 1 fully saturated rings. The van der Waals surface area contributed by atoms with Crippen LogP contribution in [0.2, 0.25) is 0 Å². The fourth-order valence-electron chi connectivity index (χ4n) is 3.91. The second-order valence-electron chi connectivity index (χ2n) is 8.40. The van der Waals surface area contributed by atoms with Crippen molar-refractivity contribution in [2.24, 2.45) is 0 Å². The van der Waals surface area contributed by atoms with Gasteiger partial charge in [0.1, 0.15) is 24.4 Å². The van der Waals surface area contributed by atoms with Crippen molar-refractivity contribution < 1.29 is 24.8 Å². The van der Waals surface area contributed by atoms with Crippen molar-refractivity contribution in [3.05, 3.63) is 12.2 Å². The van der Waals surface area contributed by atoms with Crippen LogP contribution in [-0.4, -0.2) is 59.6 Å². The van der Waals surface area contributed by atoms with Gasteiger partial charge in [0.05, 0.1) is 13.2 Å². The summed E-state index contributed by atoms with van der Waals surface area (Å²) < 4.78 is 11.0. The normalized spacial score (nSPS) is 23.2. The van der Waals surface area contributed by atoms with Crippen LogP contribution < -0.4 is 0 Å². The van der Waals surface area contributed by atoms with E-state index in [9.17, 15) is 10.2 Å². The van der Waals surface area contributed by atoms with E-state index in [0.717, 1.165) is 12.8 Å². The number of hydrogen-bond donors (Lipinski definition) is 3. The largest absolute Gasteiger partial charge is 0.394 e. The summed E-state index contributed by atoms with van der Waals surface area (Å²) in [4.78, 5) is 0. The second-order valence-corrected chi connectivity index (χ2v) is 8.40. The summed E-state index contributed by atoms with van der Waals surface area (Å²) in [6.45, 7) is 2.57. The minimum absolute atomic E-state index is 0.277. The first kappa shape index (κ1) is 26.6. The fourth-order valence-corrected chi connectivity index (χ4v) is 3.91. The summed E-state index contributed by atoms with van der Waals surface area (Å²) in [5, 5.41) is 28.6. The number of rotatable bonds is 19. The molecule has 0 saturated carbocycles. The first-order valence-electron chi connectivity index (χ1n) is 12.0. The van der Waals surface area contributed by atoms with E-state index in [2.05, 4.69) is 19.1 Å². The van der Waals surface area contributed by atoms with E-state index in [1.54, 1.807) is 0 Å². The molecular weight excluding hydrogens is 368 g/mol. The van der Waals surface area contributed by atoms with Gasteiger partial charge in [0, 0.05) is 6.61 Å². The van der Waals surface area contributed by atoms with Crippen molar-refractivity contribution in [1.29, 1.82) is 0 Å². The fraction of sp³-hybridized carbons (Fsp3) is 0.917. The summed E-state index contributed by atoms with van der Waals surface area (Å²) in [5.41, 5.74) is 0. The van der Waals surface area contributed by atoms with Crippen molar-refractivity contribution >= 4 is 0 Å². The number of hydrogen-bond acceptors (Lipinski definition) is 5. The minimum atomic E-state index is -1.05. The Bertz CT molecular complexity index is 387. The Balaban J connectivity index is 1.80. The van der Waals surface area contributed by atoms with Gasteiger partial charge in [-0.3, -0.25) is 0 Å². The highest BCUT2D eigenvalue weighted by atomic mass is 16.6. The number of allylic oxidation sites excluding steroid dienone is 2. The first-order valence-corrected chi connectivity index (χ1v) is 12.0. The molecule has 1 rings (SSSR count). The molecule has 1 aliphatic heterocycles. The molecule has 5 heteroatoms. The standard InChI is InChI=1S/C24H46O5/c1-2-3-4-5-6-7-8-9-10-11-12-13-14-15-16-17-18-28-22-20-29-24(23(22)27)21(26)19-25/h2-3,21-27H,4-20H2,1H3/b3-2+/t21-,22+,23+,24+/m0/s1. The third-order valence-electron chi connectivity index (χ3n) is 5.82. The molecule has 1 saturated heterocycles. The van der Waals surface area contributed by atoms with Crippen molar-refractivity contribution in [1.82, 2.24) is 0 Å². The van der Waals surface area contributed by atoms with Gasteiger partial charge in [-0.05, 0) is 26.2 Å². The summed E-state index contributed by atoms with van der Waals surface area (Å²) in [6.07, 6.45) is 19.7. The zero-order chi connectivity index (χ0) is 21.2. The molecule has 172 valence electrons. The molecule has 0 aromatic rings. The van der Waals surface area contributed by atoms with Crippen LogP contribution in [0.15, 0.2) is 12.2 Å². The van der Waals surface area contributed by atoms with Gasteiger partial charge in [0.2, 0.25) is 0 Å². The van der Waals surface area contributed by atoms with Crippen molar-refractivity contribution in [3.63, 3.8) is 0 Å².